The summed E-state index contributed by atoms with van der Waals surface area (Å²) in [4.78, 5) is 11.0. The van der Waals surface area contributed by atoms with Crippen molar-refractivity contribution >= 4 is 11.4 Å². The van der Waals surface area contributed by atoms with Crippen LogP contribution in [0.3, 0.4) is 0 Å². The number of hydrogen-bond donors (Lipinski definition) is 0. The van der Waals surface area contributed by atoms with Crippen molar-refractivity contribution in [1.82, 2.24) is 4.98 Å². The molecule has 0 amide bonds. The molecule has 3 rings (SSSR count). The molecule has 0 saturated heterocycles. The molecule has 0 N–H and O–H groups in total. The Morgan fingerprint density at radius 1 is 1.29 bits per heavy atom. The van der Waals surface area contributed by atoms with Crippen LogP contribution in [0, 0.1) is 26.2 Å². The van der Waals surface area contributed by atoms with Gasteiger partial charge in [-0.1, -0.05) is 5.92 Å². The molecule has 2 heterocycles. The average Bonchev–Trinajstić information content (AvgIpc) is 2.63. The number of anilines is 1. The average molecular weight is 383 g/mol. The van der Waals surface area contributed by atoms with Gasteiger partial charge in [0.1, 0.15) is 17.1 Å². The van der Waals surface area contributed by atoms with Crippen LogP contribution in [-0.4, -0.2) is 30.0 Å². The standard InChI is InChI=1S/C22H23F2N3O/c1-7-10-27-20-14(3)17(28-6)9-8-16(20)19(26-22(27,4)5)15-11-13(2)18(21(23)24)25-12-15/h1,8-9,11-12,21H,10H2,2-6H3. The number of benzene rings is 1. The largest absolute Gasteiger partial charge is 0.496 e. The molecule has 28 heavy (non-hydrogen) atoms. The summed E-state index contributed by atoms with van der Waals surface area (Å²) in [5.41, 5.74) is 3.76. The highest BCUT2D eigenvalue weighted by Crippen LogP contribution is 2.41. The molecule has 0 fully saturated rings. The third kappa shape index (κ3) is 3.22. The van der Waals surface area contributed by atoms with Gasteiger partial charge < -0.3 is 9.64 Å². The van der Waals surface area contributed by atoms with Crippen LogP contribution in [0.2, 0.25) is 0 Å². The van der Waals surface area contributed by atoms with E-state index >= 15 is 0 Å². The molecule has 0 radical (unpaired) electrons. The zero-order valence-corrected chi connectivity index (χ0v) is 16.7. The Hall–Kier alpha value is -2.94. The fraction of sp³-hybridized carbons (Fsp3) is 0.364. The third-order valence-electron chi connectivity index (χ3n) is 5.02. The van der Waals surface area contributed by atoms with Crippen molar-refractivity contribution in [2.75, 3.05) is 18.6 Å². The van der Waals surface area contributed by atoms with E-state index in [-0.39, 0.29) is 5.69 Å². The molecule has 0 atom stereocenters. The minimum Gasteiger partial charge on any atom is -0.496 e. The second-order valence-corrected chi connectivity index (χ2v) is 7.26. The number of fused-ring (bicyclic) bond motifs is 1. The number of aliphatic imine (C=N–C) groups is 1. The van der Waals surface area contributed by atoms with Crippen LogP contribution < -0.4 is 9.64 Å². The Morgan fingerprint density at radius 2 is 2.00 bits per heavy atom. The van der Waals surface area contributed by atoms with Crippen molar-refractivity contribution in [1.29, 1.82) is 0 Å². The normalized spacial score (nSPS) is 15.1. The molecule has 0 spiro atoms. The van der Waals surface area contributed by atoms with Crippen LogP contribution >= 0.6 is 0 Å². The number of alkyl halides is 2. The van der Waals surface area contributed by atoms with Crippen LogP contribution in [0.1, 0.15) is 48.2 Å². The highest BCUT2D eigenvalue weighted by molar-refractivity contribution is 6.17. The highest BCUT2D eigenvalue weighted by Gasteiger charge is 2.36. The number of methoxy groups -OCH3 is 1. The lowest BCUT2D eigenvalue weighted by Crippen LogP contribution is -2.47. The molecule has 6 heteroatoms. The highest BCUT2D eigenvalue weighted by atomic mass is 19.3. The van der Waals surface area contributed by atoms with Crippen LogP contribution in [-0.2, 0) is 0 Å². The maximum atomic E-state index is 13.1. The Bertz CT molecular complexity index is 990. The number of pyridine rings is 1. The van der Waals surface area contributed by atoms with Crippen LogP contribution in [0.5, 0.6) is 5.75 Å². The van der Waals surface area contributed by atoms with Gasteiger partial charge >= 0.3 is 0 Å². The maximum Gasteiger partial charge on any atom is 0.280 e. The van der Waals surface area contributed by atoms with Crippen LogP contribution in [0.15, 0.2) is 29.4 Å². The summed E-state index contributed by atoms with van der Waals surface area (Å²) in [5, 5.41) is 0. The number of aryl methyl sites for hydroxylation is 1. The minimum absolute atomic E-state index is 0.209. The Kier molecular flexibility index (Phi) is 5.12. The summed E-state index contributed by atoms with van der Waals surface area (Å²) in [6, 6.07) is 5.52. The van der Waals surface area contributed by atoms with E-state index in [0.717, 1.165) is 22.6 Å². The van der Waals surface area contributed by atoms with E-state index < -0.39 is 12.1 Å². The van der Waals surface area contributed by atoms with E-state index in [1.807, 2.05) is 32.9 Å². The zero-order valence-electron chi connectivity index (χ0n) is 16.7. The van der Waals surface area contributed by atoms with Gasteiger partial charge in [-0.25, -0.2) is 8.78 Å². The van der Waals surface area contributed by atoms with E-state index in [1.165, 1.54) is 6.20 Å². The molecule has 1 aliphatic rings. The molecule has 0 aliphatic carbocycles. The Balaban J connectivity index is 2.26. The summed E-state index contributed by atoms with van der Waals surface area (Å²) in [5.74, 6) is 3.45. The molecule has 0 bridgehead atoms. The van der Waals surface area contributed by atoms with Crippen LogP contribution in [0.25, 0.3) is 0 Å². The van der Waals surface area contributed by atoms with Gasteiger partial charge in [0.25, 0.3) is 6.43 Å². The van der Waals surface area contributed by atoms with Gasteiger partial charge in [0.05, 0.1) is 25.1 Å². The van der Waals surface area contributed by atoms with Crippen molar-refractivity contribution in [3.8, 4) is 18.1 Å². The summed E-state index contributed by atoms with van der Waals surface area (Å²) < 4.78 is 31.7. The number of halogens is 2. The fourth-order valence-corrected chi connectivity index (χ4v) is 3.64. The zero-order chi connectivity index (χ0) is 20.6. The quantitative estimate of drug-likeness (QED) is 0.720. The van der Waals surface area contributed by atoms with Gasteiger partial charge in [0.15, 0.2) is 0 Å². The molecule has 0 unspecified atom stereocenters. The summed E-state index contributed by atoms with van der Waals surface area (Å²) in [7, 11) is 1.62. The predicted molar refractivity (Wildman–Crippen MR) is 108 cm³/mol. The Labute approximate surface area is 164 Å². The second-order valence-electron chi connectivity index (χ2n) is 7.26. The molecular formula is C22H23F2N3O. The lowest BCUT2D eigenvalue weighted by molar-refractivity contribution is 0.145. The van der Waals surface area contributed by atoms with E-state index in [1.54, 1.807) is 20.1 Å². The van der Waals surface area contributed by atoms with Crippen LogP contribution in [0.4, 0.5) is 14.5 Å². The summed E-state index contributed by atoms with van der Waals surface area (Å²) in [6.07, 6.45) is 4.47. The summed E-state index contributed by atoms with van der Waals surface area (Å²) in [6.45, 7) is 7.94. The lowest BCUT2D eigenvalue weighted by Gasteiger charge is -2.42. The number of nitrogens with zero attached hydrogens (tertiary/aromatic N) is 3. The van der Waals surface area contributed by atoms with Crippen molar-refractivity contribution in [3.63, 3.8) is 0 Å². The smallest absolute Gasteiger partial charge is 0.280 e. The maximum absolute atomic E-state index is 13.1. The van der Waals surface area contributed by atoms with Crippen molar-refractivity contribution in [2.45, 2.75) is 39.8 Å². The third-order valence-corrected chi connectivity index (χ3v) is 5.02. The van der Waals surface area contributed by atoms with Gasteiger partial charge in [-0.05, 0) is 51.5 Å². The first-order chi connectivity index (χ1) is 13.2. The molecule has 0 saturated carbocycles. The van der Waals surface area contributed by atoms with Crippen molar-refractivity contribution in [2.24, 2.45) is 4.99 Å². The van der Waals surface area contributed by atoms with Gasteiger partial charge in [0.2, 0.25) is 0 Å². The minimum atomic E-state index is -2.61. The number of ether oxygens (including phenoxy) is 1. The molecule has 146 valence electrons. The molecule has 4 nitrogen and oxygen atoms in total. The lowest BCUT2D eigenvalue weighted by atomic mass is 9.92. The molecule has 2 aromatic rings. The fourth-order valence-electron chi connectivity index (χ4n) is 3.64. The number of rotatable bonds is 4. The van der Waals surface area contributed by atoms with Gasteiger partial charge in [-0.2, -0.15) is 0 Å². The molecule has 1 aromatic carbocycles. The van der Waals surface area contributed by atoms with Gasteiger partial charge in [0, 0.05) is 22.9 Å². The topological polar surface area (TPSA) is 37.7 Å². The van der Waals surface area contributed by atoms with Crippen molar-refractivity contribution in [3.05, 3.63) is 52.3 Å². The van der Waals surface area contributed by atoms with E-state index in [4.69, 9.17) is 16.2 Å². The monoisotopic (exact) mass is 383 g/mol. The van der Waals surface area contributed by atoms with E-state index in [2.05, 4.69) is 15.8 Å². The molecule has 1 aliphatic heterocycles. The van der Waals surface area contributed by atoms with Crippen molar-refractivity contribution < 1.29 is 13.5 Å². The molecule has 1 aromatic heterocycles. The first-order valence-electron chi connectivity index (χ1n) is 8.95. The first-order valence-corrected chi connectivity index (χ1v) is 8.95. The van der Waals surface area contributed by atoms with E-state index in [0.29, 0.717) is 23.4 Å². The van der Waals surface area contributed by atoms with Gasteiger partial charge in [-0.15, -0.1) is 6.42 Å². The Morgan fingerprint density at radius 3 is 2.57 bits per heavy atom. The predicted octanol–water partition coefficient (Wildman–Crippen LogP) is 4.67. The van der Waals surface area contributed by atoms with Gasteiger partial charge in [-0.3, -0.25) is 9.98 Å². The van der Waals surface area contributed by atoms with E-state index in [9.17, 15) is 8.78 Å². The SMILES string of the molecule is C#CCN1c2c(ccc(OC)c2C)C(c2cnc(C(F)F)c(C)c2)=NC1(C)C. The first kappa shape index (κ1) is 19.8. The summed E-state index contributed by atoms with van der Waals surface area (Å²) >= 11 is 0. The number of aromatic nitrogens is 1. The number of terminal acetylenes is 1. The molecular weight excluding hydrogens is 360 g/mol. The second kappa shape index (κ2) is 7.23. The number of hydrogen-bond acceptors (Lipinski definition) is 4.